The lowest BCUT2D eigenvalue weighted by atomic mass is 10.1. The zero-order valence-corrected chi connectivity index (χ0v) is 13.0. The number of hydrogen-bond donors (Lipinski definition) is 1. The number of hydrogen-bond acceptors (Lipinski definition) is 3. The smallest absolute Gasteiger partial charge is 0.264 e. The lowest BCUT2D eigenvalue weighted by molar-refractivity contribution is 0.584. The predicted molar refractivity (Wildman–Crippen MR) is 85.1 cm³/mol. The van der Waals surface area contributed by atoms with Crippen molar-refractivity contribution in [1.29, 1.82) is 0 Å². The molecule has 2 aromatic carbocycles. The first-order valence-corrected chi connectivity index (χ1v) is 8.40. The summed E-state index contributed by atoms with van der Waals surface area (Å²) in [6.45, 7) is 1.89. The molecule has 1 aliphatic rings. The summed E-state index contributed by atoms with van der Waals surface area (Å²) in [6, 6.07) is 11.4. The molecule has 0 radical (unpaired) electrons. The standard InChI is InChI=1S/C15H15ClN2O2S/c1-10-8-11-9-13(17)4-7-15(11)18(10)21(19,20)14-5-2-12(16)3-6-14/h2-7,9-10H,8,17H2,1H3. The Morgan fingerprint density at radius 1 is 1.19 bits per heavy atom. The summed E-state index contributed by atoms with van der Waals surface area (Å²) in [4.78, 5) is 0.239. The largest absolute Gasteiger partial charge is 0.399 e. The summed E-state index contributed by atoms with van der Waals surface area (Å²) in [5, 5.41) is 0.511. The summed E-state index contributed by atoms with van der Waals surface area (Å²) >= 11 is 5.83. The summed E-state index contributed by atoms with van der Waals surface area (Å²) in [6.07, 6.45) is 0.660. The molecule has 0 amide bonds. The number of fused-ring (bicyclic) bond motifs is 1. The summed E-state index contributed by atoms with van der Waals surface area (Å²) in [5.74, 6) is 0. The SMILES string of the molecule is CC1Cc2cc(N)ccc2N1S(=O)(=O)c1ccc(Cl)cc1. The predicted octanol–water partition coefficient (Wildman–Crippen LogP) is 3.06. The molecule has 0 fully saturated rings. The van der Waals surface area contributed by atoms with Crippen molar-refractivity contribution in [2.75, 3.05) is 10.0 Å². The fraction of sp³-hybridized carbons (Fsp3) is 0.200. The zero-order chi connectivity index (χ0) is 15.2. The maximum atomic E-state index is 12.9. The van der Waals surface area contributed by atoms with Crippen molar-refractivity contribution in [2.45, 2.75) is 24.3 Å². The van der Waals surface area contributed by atoms with Crippen LogP contribution in [0, 0.1) is 0 Å². The second kappa shape index (κ2) is 4.93. The van der Waals surface area contributed by atoms with Gasteiger partial charge in [-0.15, -0.1) is 0 Å². The van der Waals surface area contributed by atoms with Gasteiger partial charge in [-0.2, -0.15) is 0 Å². The lowest BCUT2D eigenvalue weighted by Crippen LogP contribution is -2.35. The third-order valence-corrected chi connectivity index (χ3v) is 5.82. The molecule has 1 unspecified atom stereocenters. The third kappa shape index (κ3) is 2.36. The van der Waals surface area contributed by atoms with E-state index in [1.807, 2.05) is 13.0 Å². The molecule has 4 nitrogen and oxygen atoms in total. The molecule has 1 aliphatic heterocycles. The van der Waals surface area contributed by atoms with Gasteiger partial charge in [0, 0.05) is 16.8 Å². The minimum Gasteiger partial charge on any atom is -0.399 e. The lowest BCUT2D eigenvalue weighted by Gasteiger charge is -2.24. The Kier molecular flexibility index (Phi) is 3.34. The van der Waals surface area contributed by atoms with Gasteiger partial charge in [0.15, 0.2) is 0 Å². The first-order chi connectivity index (χ1) is 9.89. The molecule has 1 heterocycles. The average Bonchev–Trinajstić information content (AvgIpc) is 2.74. The van der Waals surface area contributed by atoms with E-state index < -0.39 is 10.0 Å². The van der Waals surface area contributed by atoms with E-state index in [1.54, 1.807) is 24.3 Å². The number of sulfonamides is 1. The van der Waals surface area contributed by atoms with Crippen molar-refractivity contribution in [1.82, 2.24) is 0 Å². The van der Waals surface area contributed by atoms with Crippen LogP contribution in [0.3, 0.4) is 0 Å². The Bertz CT molecular complexity index is 788. The van der Waals surface area contributed by atoms with E-state index in [-0.39, 0.29) is 10.9 Å². The number of anilines is 2. The Hall–Kier alpha value is -1.72. The maximum Gasteiger partial charge on any atom is 0.264 e. The molecule has 110 valence electrons. The number of benzene rings is 2. The molecular weight excluding hydrogens is 308 g/mol. The fourth-order valence-electron chi connectivity index (χ4n) is 2.71. The first kappa shape index (κ1) is 14.2. The van der Waals surface area contributed by atoms with E-state index in [0.29, 0.717) is 22.8 Å². The molecular formula is C15H15ClN2O2S. The highest BCUT2D eigenvalue weighted by Gasteiger charge is 2.35. The second-order valence-electron chi connectivity index (χ2n) is 5.20. The topological polar surface area (TPSA) is 63.4 Å². The van der Waals surface area contributed by atoms with E-state index in [4.69, 9.17) is 17.3 Å². The summed E-state index contributed by atoms with van der Waals surface area (Å²) < 4.78 is 27.2. The van der Waals surface area contributed by atoms with E-state index in [2.05, 4.69) is 0 Å². The van der Waals surface area contributed by atoms with Crippen LogP contribution in [0.4, 0.5) is 11.4 Å². The van der Waals surface area contributed by atoms with Crippen LogP contribution in [0.1, 0.15) is 12.5 Å². The van der Waals surface area contributed by atoms with Gasteiger partial charge in [0.25, 0.3) is 10.0 Å². The fourth-order valence-corrected chi connectivity index (χ4v) is 4.53. The Morgan fingerprint density at radius 2 is 1.86 bits per heavy atom. The van der Waals surface area contributed by atoms with Gasteiger partial charge in [0.2, 0.25) is 0 Å². The Balaban J connectivity index is 2.10. The molecule has 3 rings (SSSR count). The van der Waals surface area contributed by atoms with Crippen molar-refractivity contribution in [3.05, 3.63) is 53.1 Å². The van der Waals surface area contributed by atoms with Crippen molar-refractivity contribution in [3.63, 3.8) is 0 Å². The van der Waals surface area contributed by atoms with Crippen LogP contribution >= 0.6 is 11.6 Å². The van der Waals surface area contributed by atoms with Crippen LogP contribution in [-0.4, -0.2) is 14.5 Å². The highest BCUT2D eigenvalue weighted by atomic mass is 35.5. The monoisotopic (exact) mass is 322 g/mol. The highest BCUT2D eigenvalue weighted by Crippen LogP contribution is 2.37. The van der Waals surface area contributed by atoms with Crippen LogP contribution in [0.2, 0.25) is 5.02 Å². The first-order valence-electron chi connectivity index (χ1n) is 6.58. The second-order valence-corrected chi connectivity index (χ2v) is 7.45. The Morgan fingerprint density at radius 3 is 2.52 bits per heavy atom. The van der Waals surface area contributed by atoms with Crippen LogP contribution in [-0.2, 0) is 16.4 Å². The van der Waals surface area contributed by atoms with Crippen LogP contribution in [0.5, 0.6) is 0 Å². The van der Waals surface area contributed by atoms with Gasteiger partial charge >= 0.3 is 0 Å². The van der Waals surface area contributed by atoms with Gasteiger partial charge in [-0.1, -0.05) is 11.6 Å². The van der Waals surface area contributed by atoms with Crippen molar-refractivity contribution in [2.24, 2.45) is 0 Å². The van der Waals surface area contributed by atoms with E-state index >= 15 is 0 Å². The van der Waals surface area contributed by atoms with E-state index in [0.717, 1.165) is 5.56 Å². The van der Waals surface area contributed by atoms with Gasteiger partial charge in [0.1, 0.15) is 0 Å². The van der Waals surface area contributed by atoms with Gasteiger partial charge in [0.05, 0.1) is 10.6 Å². The van der Waals surface area contributed by atoms with Crippen molar-refractivity contribution in [3.8, 4) is 0 Å². The quantitative estimate of drug-likeness (QED) is 0.864. The van der Waals surface area contributed by atoms with Crippen LogP contribution < -0.4 is 10.0 Å². The van der Waals surface area contributed by atoms with Gasteiger partial charge < -0.3 is 5.73 Å². The average molecular weight is 323 g/mol. The van der Waals surface area contributed by atoms with Crippen LogP contribution in [0.25, 0.3) is 0 Å². The van der Waals surface area contributed by atoms with E-state index in [1.165, 1.54) is 16.4 Å². The number of nitrogens with two attached hydrogens (primary N) is 1. The van der Waals surface area contributed by atoms with E-state index in [9.17, 15) is 8.42 Å². The molecule has 0 saturated heterocycles. The van der Waals surface area contributed by atoms with Gasteiger partial charge in [-0.25, -0.2) is 8.42 Å². The van der Waals surface area contributed by atoms with Crippen molar-refractivity contribution >= 4 is 33.0 Å². The minimum atomic E-state index is -3.60. The maximum absolute atomic E-state index is 12.9. The highest BCUT2D eigenvalue weighted by molar-refractivity contribution is 7.92. The Labute approximate surface area is 129 Å². The summed E-state index contributed by atoms with van der Waals surface area (Å²) in [5.41, 5.74) is 8.08. The molecule has 2 N–H and O–H groups in total. The third-order valence-electron chi connectivity index (χ3n) is 3.63. The van der Waals surface area contributed by atoms with Crippen molar-refractivity contribution < 1.29 is 8.42 Å². The van der Waals surface area contributed by atoms with Crippen LogP contribution in [0.15, 0.2) is 47.4 Å². The number of nitrogens with zero attached hydrogens (tertiary/aromatic N) is 1. The number of halogens is 1. The molecule has 21 heavy (non-hydrogen) atoms. The molecule has 1 atom stereocenters. The minimum absolute atomic E-state index is 0.137. The molecule has 0 saturated carbocycles. The normalized spacial score (nSPS) is 17.8. The molecule has 6 heteroatoms. The molecule has 0 spiro atoms. The molecule has 0 aliphatic carbocycles. The molecule has 0 aromatic heterocycles. The van der Waals surface area contributed by atoms with Gasteiger partial charge in [-0.05, 0) is 61.4 Å². The number of rotatable bonds is 2. The summed E-state index contributed by atoms with van der Waals surface area (Å²) in [7, 11) is -3.60. The van der Waals surface area contributed by atoms with Gasteiger partial charge in [-0.3, -0.25) is 4.31 Å². The molecule has 0 bridgehead atoms. The number of nitrogen functional groups attached to an aromatic ring is 1. The zero-order valence-electron chi connectivity index (χ0n) is 11.5. The molecule has 2 aromatic rings.